The van der Waals surface area contributed by atoms with Crippen molar-refractivity contribution in [2.75, 3.05) is 19.6 Å². The Kier molecular flexibility index (Phi) is 1.60. The number of nitrogens with zero attached hydrogens (tertiary/aromatic N) is 1. The molecule has 9 heavy (non-hydrogen) atoms. The van der Waals surface area contributed by atoms with Crippen LogP contribution in [0.25, 0.3) is 0 Å². The third kappa shape index (κ3) is 1.14. The van der Waals surface area contributed by atoms with Gasteiger partial charge in [-0.2, -0.15) is 0 Å². The zero-order chi connectivity index (χ0) is 6.91. The standard InChI is InChI=1S/C7H14N2/c1-3-4-9-6-7(9,2)5-8/h3H,1,4-6,8H2,2H3. The smallest absolute Gasteiger partial charge is 0.0434 e. The Hall–Kier alpha value is -0.340. The van der Waals surface area contributed by atoms with Gasteiger partial charge in [-0.15, -0.1) is 6.58 Å². The average Bonchev–Trinajstić information content (AvgIpc) is 2.46. The molecule has 1 heterocycles. The summed E-state index contributed by atoms with van der Waals surface area (Å²) in [6.07, 6.45) is 1.92. The molecule has 1 aliphatic heterocycles. The fourth-order valence-electron chi connectivity index (χ4n) is 1.01. The Morgan fingerprint density at radius 3 is 2.89 bits per heavy atom. The van der Waals surface area contributed by atoms with Crippen LogP contribution in [0.5, 0.6) is 0 Å². The summed E-state index contributed by atoms with van der Waals surface area (Å²) in [6, 6.07) is 0. The topological polar surface area (TPSA) is 29.0 Å². The zero-order valence-corrected chi connectivity index (χ0v) is 5.93. The van der Waals surface area contributed by atoms with E-state index < -0.39 is 0 Å². The number of nitrogens with two attached hydrogens (primary N) is 1. The lowest BCUT2D eigenvalue weighted by atomic mass is 10.2. The van der Waals surface area contributed by atoms with Crippen LogP contribution in [0.4, 0.5) is 0 Å². The summed E-state index contributed by atoms with van der Waals surface area (Å²) >= 11 is 0. The van der Waals surface area contributed by atoms with Gasteiger partial charge in [0.25, 0.3) is 0 Å². The maximum atomic E-state index is 5.51. The molecule has 0 amide bonds. The molecule has 0 aromatic heterocycles. The van der Waals surface area contributed by atoms with E-state index in [-0.39, 0.29) is 0 Å². The minimum atomic E-state index is 0.300. The molecule has 2 nitrogen and oxygen atoms in total. The van der Waals surface area contributed by atoms with Crippen LogP contribution < -0.4 is 5.73 Å². The van der Waals surface area contributed by atoms with E-state index in [2.05, 4.69) is 18.4 Å². The second-order valence-electron chi connectivity index (χ2n) is 2.87. The first kappa shape index (κ1) is 6.78. The van der Waals surface area contributed by atoms with Crippen LogP contribution in [-0.2, 0) is 0 Å². The van der Waals surface area contributed by atoms with Gasteiger partial charge in [-0.05, 0) is 6.92 Å². The van der Waals surface area contributed by atoms with Gasteiger partial charge in [-0.1, -0.05) is 6.08 Å². The molecule has 1 aliphatic rings. The molecule has 1 fully saturated rings. The number of hydrogen-bond donors (Lipinski definition) is 1. The Morgan fingerprint density at radius 1 is 1.89 bits per heavy atom. The molecule has 0 aliphatic carbocycles. The van der Waals surface area contributed by atoms with E-state index in [4.69, 9.17) is 5.73 Å². The highest BCUT2D eigenvalue weighted by Gasteiger charge is 2.44. The molecular weight excluding hydrogens is 112 g/mol. The molecule has 2 heteroatoms. The molecule has 1 rings (SSSR count). The highest BCUT2D eigenvalue weighted by atomic mass is 15.4. The van der Waals surface area contributed by atoms with Crippen molar-refractivity contribution in [3.63, 3.8) is 0 Å². The summed E-state index contributed by atoms with van der Waals surface area (Å²) in [6.45, 7) is 8.71. The second kappa shape index (κ2) is 2.12. The van der Waals surface area contributed by atoms with E-state index in [1.54, 1.807) is 0 Å². The highest BCUT2D eigenvalue weighted by molar-refractivity contribution is 5.06. The quantitative estimate of drug-likeness (QED) is 0.432. The van der Waals surface area contributed by atoms with Crippen LogP contribution in [0.3, 0.4) is 0 Å². The summed E-state index contributed by atoms with van der Waals surface area (Å²) in [5.41, 5.74) is 5.81. The molecule has 1 saturated heterocycles. The first-order valence-electron chi connectivity index (χ1n) is 3.29. The fourth-order valence-corrected chi connectivity index (χ4v) is 1.01. The molecule has 2 N–H and O–H groups in total. The lowest BCUT2D eigenvalue weighted by molar-refractivity contribution is 0.468. The maximum absolute atomic E-state index is 5.51. The van der Waals surface area contributed by atoms with Crippen molar-refractivity contribution in [3.05, 3.63) is 12.7 Å². The molecule has 0 radical (unpaired) electrons. The van der Waals surface area contributed by atoms with Crippen molar-refractivity contribution in [3.8, 4) is 0 Å². The summed E-state index contributed by atoms with van der Waals surface area (Å²) in [4.78, 5) is 2.31. The van der Waals surface area contributed by atoms with Gasteiger partial charge < -0.3 is 5.73 Å². The summed E-state index contributed by atoms with van der Waals surface area (Å²) in [5, 5.41) is 0. The van der Waals surface area contributed by atoms with Crippen molar-refractivity contribution in [1.29, 1.82) is 0 Å². The zero-order valence-electron chi connectivity index (χ0n) is 5.93. The van der Waals surface area contributed by atoms with Gasteiger partial charge in [-0.25, -0.2) is 0 Å². The van der Waals surface area contributed by atoms with Gasteiger partial charge >= 0.3 is 0 Å². The predicted octanol–water partition coefficient (Wildman–Crippen LogP) is 0.205. The minimum Gasteiger partial charge on any atom is -0.329 e. The summed E-state index contributed by atoms with van der Waals surface area (Å²) < 4.78 is 0. The van der Waals surface area contributed by atoms with Crippen molar-refractivity contribution in [2.45, 2.75) is 12.5 Å². The third-order valence-electron chi connectivity index (χ3n) is 1.98. The highest BCUT2D eigenvalue weighted by Crippen LogP contribution is 2.29. The van der Waals surface area contributed by atoms with E-state index in [1.165, 1.54) is 0 Å². The number of rotatable bonds is 3. The molecule has 0 spiro atoms. The number of hydrogen-bond acceptors (Lipinski definition) is 2. The van der Waals surface area contributed by atoms with E-state index in [9.17, 15) is 0 Å². The Balaban J connectivity index is 2.29. The molecular formula is C7H14N2. The maximum Gasteiger partial charge on any atom is 0.0434 e. The first-order valence-corrected chi connectivity index (χ1v) is 3.29. The van der Waals surface area contributed by atoms with Gasteiger partial charge in [-0.3, -0.25) is 4.90 Å². The van der Waals surface area contributed by atoms with Gasteiger partial charge in [0.2, 0.25) is 0 Å². The minimum absolute atomic E-state index is 0.300. The monoisotopic (exact) mass is 126 g/mol. The molecule has 0 bridgehead atoms. The normalized spacial score (nSPS) is 40.4. The van der Waals surface area contributed by atoms with Crippen molar-refractivity contribution < 1.29 is 0 Å². The Labute approximate surface area is 56.3 Å². The Bertz CT molecular complexity index is 122. The lowest BCUT2D eigenvalue weighted by Crippen LogP contribution is -2.25. The summed E-state index contributed by atoms with van der Waals surface area (Å²) in [7, 11) is 0. The molecule has 0 aromatic rings. The van der Waals surface area contributed by atoms with Crippen LogP contribution in [0.2, 0.25) is 0 Å². The lowest BCUT2D eigenvalue weighted by Gasteiger charge is -2.05. The summed E-state index contributed by atoms with van der Waals surface area (Å²) in [5.74, 6) is 0. The van der Waals surface area contributed by atoms with Crippen LogP contribution in [-0.4, -0.2) is 30.1 Å². The van der Waals surface area contributed by atoms with Crippen molar-refractivity contribution >= 4 is 0 Å². The van der Waals surface area contributed by atoms with Crippen LogP contribution in [0.1, 0.15) is 6.92 Å². The van der Waals surface area contributed by atoms with Crippen LogP contribution in [0.15, 0.2) is 12.7 Å². The molecule has 2 atom stereocenters. The SMILES string of the molecule is C=CCN1CC1(C)CN. The van der Waals surface area contributed by atoms with E-state index in [0.29, 0.717) is 5.54 Å². The molecule has 0 aromatic carbocycles. The Morgan fingerprint density at radius 2 is 2.56 bits per heavy atom. The van der Waals surface area contributed by atoms with Crippen LogP contribution >= 0.6 is 0 Å². The fraction of sp³-hybridized carbons (Fsp3) is 0.714. The van der Waals surface area contributed by atoms with Gasteiger partial charge in [0, 0.05) is 25.2 Å². The van der Waals surface area contributed by atoms with Gasteiger partial charge in [0.15, 0.2) is 0 Å². The van der Waals surface area contributed by atoms with Crippen molar-refractivity contribution in [2.24, 2.45) is 5.73 Å². The largest absolute Gasteiger partial charge is 0.329 e. The first-order chi connectivity index (χ1) is 4.23. The van der Waals surface area contributed by atoms with Crippen LogP contribution in [0, 0.1) is 0 Å². The van der Waals surface area contributed by atoms with Gasteiger partial charge in [0.1, 0.15) is 0 Å². The van der Waals surface area contributed by atoms with E-state index >= 15 is 0 Å². The van der Waals surface area contributed by atoms with E-state index in [1.807, 2.05) is 6.08 Å². The average molecular weight is 126 g/mol. The molecule has 52 valence electrons. The third-order valence-corrected chi connectivity index (χ3v) is 1.98. The van der Waals surface area contributed by atoms with Gasteiger partial charge in [0.05, 0.1) is 0 Å². The predicted molar refractivity (Wildman–Crippen MR) is 39.2 cm³/mol. The molecule has 2 unspecified atom stereocenters. The van der Waals surface area contributed by atoms with E-state index in [0.717, 1.165) is 19.6 Å². The molecule has 0 saturated carbocycles. The van der Waals surface area contributed by atoms with Crippen molar-refractivity contribution in [1.82, 2.24) is 4.90 Å². The second-order valence-corrected chi connectivity index (χ2v) is 2.87.